The molecule has 0 aromatic heterocycles. The van der Waals surface area contributed by atoms with Crippen molar-refractivity contribution in [3.63, 3.8) is 0 Å². The minimum absolute atomic E-state index is 0.0371. The molecule has 0 atom stereocenters. The van der Waals surface area contributed by atoms with Gasteiger partial charge in [-0.25, -0.2) is 8.42 Å². The summed E-state index contributed by atoms with van der Waals surface area (Å²) in [6.07, 6.45) is 0. The van der Waals surface area contributed by atoms with E-state index in [-0.39, 0.29) is 29.3 Å². The number of carbonyl (C=O) groups excluding carboxylic acids is 1. The zero-order chi connectivity index (χ0) is 20.1. The van der Waals surface area contributed by atoms with Gasteiger partial charge in [0.25, 0.3) is 5.91 Å². The molecule has 0 saturated carbocycles. The zero-order valence-electron chi connectivity index (χ0n) is 15.7. The molecule has 28 heavy (non-hydrogen) atoms. The summed E-state index contributed by atoms with van der Waals surface area (Å²) in [6.45, 7) is 1.25. The first-order valence-electron chi connectivity index (χ1n) is 8.67. The van der Waals surface area contributed by atoms with E-state index in [1.54, 1.807) is 31.4 Å². The second kappa shape index (κ2) is 8.59. The lowest BCUT2D eigenvalue weighted by molar-refractivity contribution is 0.0730. The third kappa shape index (κ3) is 4.27. The fourth-order valence-corrected chi connectivity index (χ4v) is 4.27. The Balaban J connectivity index is 1.88. The number of hydrogen-bond donors (Lipinski definition) is 1. The lowest BCUT2D eigenvalue weighted by Crippen LogP contribution is -2.40. The lowest BCUT2D eigenvalue weighted by atomic mass is 10.2. The average molecular weight is 406 g/mol. The van der Waals surface area contributed by atoms with Crippen LogP contribution in [0.5, 0.6) is 11.5 Å². The van der Waals surface area contributed by atoms with Crippen molar-refractivity contribution in [2.45, 2.75) is 4.90 Å². The molecule has 1 saturated heterocycles. The Morgan fingerprint density at radius 2 is 1.71 bits per heavy atom. The Morgan fingerprint density at radius 3 is 2.32 bits per heavy atom. The van der Waals surface area contributed by atoms with Crippen LogP contribution in [-0.2, 0) is 14.8 Å². The van der Waals surface area contributed by atoms with Crippen molar-refractivity contribution in [1.82, 2.24) is 4.31 Å². The largest absolute Gasteiger partial charge is 0.497 e. The van der Waals surface area contributed by atoms with Crippen LogP contribution in [0, 0.1) is 0 Å². The average Bonchev–Trinajstić information content (AvgIpc) is 2.74. The predicted octanol–water partition coefficient (Wildman–Crippen LogP) is 1.98. The smallest absolute Gasteiger partial charge is 0.259 e. The maximum absolute atomic E-state index is 12.9. The van der Waals surface area contributed by atoms with Crippen LogP contribution < -0.4 is 14.8 Å². The summed E-state index contributed by atoms with van der Waals surface area (Å²) in [5.41, 5.74) is 0.682. The molecule has 1 aliphatic heterocycles. The highest BCUT2D eigenvalue weighted by atomic mass is 32.2. The van der Waals surface area contributed by atoms with E-state index in [4.69, 9.17) is 14.2 Å². The van der Waals surface area contributed by atoms with Crippen molar-refractivity contribution in [3.05, 3.63) is 48.0 Å². The van der Waals surface area contributed by atoms with Crippen molar-refractivity contribution in [1.29, 1.82) is 0 Å². The molecular weight excluding hydrogens is 384 g/mol. The molecule has 3 rings (SSSR count). The van der Waals surface area contributed by atoms with Crippen molar-refractivity contribution in [3.8, 4) is 11.5 Å². The maximum atomic E-state index is 12.9. The summed E-state index contributed by atoms with van der Waals surface area (Å²) < 4.78 is 42.7. The minimum Gasteiger partial charge on any atom is -0.497 e. The van der Waals surface area contributed by atoms with Gasteiger partial charge in [-0.15, -0.1) is 0 Å². The topological polar surface area (TPSA) is 94.2 Å². The fourth-order valence-electron chi connectivity index (χ4n) is 2.83. The summed E-state index contributed by atoms with van der Waals surface area (Å²) >= 11 is 0. The number of rotatable bonds is 6. The van der Waals surface area contributed by atoms with Gasteiger partial charge in [0.05, 0.1) is 37.9 Å². The van der Waals surface area contributed by atoms with Crippen LogP contribution in [0.1, 0.15) is 10.4 Å². The van der Waals surface area contributed by atoms with Crippen LogP contribution in [0.2, 0.25) is 0 Å². The maximum Gasteiger partial charge on any atom is 0.259 e. The summed E-state index contributed by atoms with van der Waals surface area (Å²) in [7, 11) is -0.743. The quantitative estimate of drug-likeness (QED) is 0.788. The van der Waals surface area contributed by atoms with E-state index in [1.807, 2.05) is 0 Å². The first-order chi connectivity index (χ1) is 13.5. The molecule has 1 amide bonds. The zero-order valence-corrected chi connectivity index (χ0v) is 16.5. The van der Waals surface area contributed by atoms with Gasteiger partial charge in [-0.2, -0.15) is 4.31 Å². The third-order valence-electron chi connectivity index (χ3n) is 4.37. The molecule has 2 aromatic carbocycles. The Morgan fingerprint density at radius 1 is 1.04 bits per heavy atom. The van der Waals surface area contributed by atoms with Gasteiger partial charge in [-0.3, -0.25) is 4.79 Å². The Bertz CT molecular complexity index is 937. The van der Waals surface area contributed by atoms with E-state index < -0.39 is 15.9 Å². The molecule has 0 unspecified atom stereocenters. The van der Waals surface area contributed by atoms with E-state index >= 15 is 0 Å². The number of anilines is 1. The molecule has 9 heteroatoms. The van der Waals surface area contributed by atoms with E-state index in [0.717, 1.165) is 0 Å². The lowest BCUT2D eigenvalue weighted by Gasteiger charge is -2.26. The van der Waals surface area contributed by atoms with Crippen molar-refractivity contribution in [2.24, 2.45) is 0 Å². The molecule has 0 aliphatic carbocycles. The van der Waals surface area contributed by atoms with Crippen molar-refractivity contribution in [2.75, 3.05) is 45.8 Å². The number of benzene rings is 2. The number of hydrogen-bond acceptors (Lipinski definition) is 6. The molecule has 150 valence electrons. The molecule has 8 nitrogen and oxygen atoms in total. The monoisotopic (exact) mass is 406 g/mol. The molecule has 0 bridgehead atoms. The van der Waals surface area contributed by atoms with E-state index in [2.05, 4.69) is 5.32 Å². The number of nitrogens with zero attached hydrogens (tertiary/aromatic N) is 1. The van der Waals surface area contributed by atoms with Gasteiger partial charge >= 0.3 is 0 Å². The molecule has 1 N–H and O–H groups in total. The number of sulfonamides is 1. The molecule has 0 radical (unpaired) electrons. The number of carbonyl (C=O) groups is 1. The van der Waals surface area contributed by atoms with Gasteiger partial charge in [-0.05, 0) is 42.5 Å². The standard InChI is InChI=1S/C19H22N2O6S/c1-25-15-5-3-14(4-6-15)20-19(22)17-13-16(7-8-18(17)26-2)28(23,24)21-9-11-27-12-10-21/h3-8,13H,9-12H2,1-2H3,(H,20,22). The predicted molar refractivity (Wildman–Crippen MR) is 104 cm³/mol. The normalized spacial score (nSPS) is 15.1. The SMILES string of the molecule is COc1ccc(NC(=O)c2cc(S(=O)(=O)N3CCOCC3)ccc2OC)cc1. The van der Waals surface area contributed by atoms with Crippen LogP contribution in [0.4, 0.5) is 5.69 Å². The van der Waals surface area contributed by atoms with Gasteiger partial charge in [0, 0.05) is 18.8 Å². The molecular formula is C19H22N2O6S. The minimum atomic E-state index is -3.72. The second-order valence-corrected chi connectivity index (χ2v) is 8.00. The number of methoxy groups -OCH3 is 2. The van der Waals surface area contributed by atoms with Gasteiger partial charge in [0.15, 0.2) is 0 Å². The Hall–Kier alpha value is -2.62. The van der Waals surface area contributed by atoms with Crippen LogP contribution in [0.15, 0.2) is 47.4 Å². The molecule has 0 spiro atoms. The van der Waals surface area contributed by atoms with Crippen LogP contribution in [0.3, 0.4) is 0 Å². The van der Waals surface area contributed by atoms with Crippen LogP contribution in [-0.4, -0.2) is 59.2 Å². The first-order valence-corrected chi connectivity index (χ1v) is 10.1. The van der Waals surface area contributed by atoms with E-state index in [1.165, 1.54) is 29.6 Å². The van der Waals surface area contributed by atoms with Gasteiger partial charge < -0.3 is 19.5 Å². The highest BCUT2D eigenvalue weighted by molar-refractivity contribution is 7.89. The van der Waals surface area contributed by atoms with Gasteiger partial charge in [0.2, 0.25) is 10.0 Å². The van der Waals surface area contributed by atoms with E-state index in [9.17, 15) is 13.2 Å². The van der Waals surface area contributed by atoms with Crippen LogP contribution >= 0.6 is 0 Å². The molecule has 1 aliphatic rings. The summed E-state index contributed by atoms with van der Waals surface area (Å²) in [5, 5.41) is 2.74. The highest BCUT2D eigenvalue weighted by Crippen LogP contribution is 2.26. The second-order valence-electron chi connectivity index (χ2n) is 6.06. The van der Waals surface area contributed by atoms with Crippen molar-refractivity contribution < 1.29 is 27.4 Å². The highest BCUT2D eigenvalue weighted by Gasteiger charge is 2.28. The fraction of sp³-hybridized carbons (Fsp3) is 0.316. The number of amides is 1. The molecule has 2 aromatic rings. The first kappa shape index (κ1) is 20.1. The summed E-state index contributed by atoms with van der Waals surface area (Å²) in [4.78, 5) is 12.8. The number of morpholine rings is 1. The Labute approximate surface area is 164 Å². The third-order valence-corrected chi connectivity index (χ3v) is 6.27. The molecule has 1 heterocycles. The number of ether oxygens (including phenoxy) is 3. The summed E-state index contributed by atoms with van der Waals surface area (Å²) in [5.74, 6) is 0.474. The molecule has 1 fully saturated rings. The number of nitrogens with one attached hydrogen (secondary N) is 1. The summed E-state index contributed by atoms with van der Waals surface area (Å²) in [6, 6.07) is 11.1. The van der Waals surface area contributed by atoms with Gasteiger partial charge in [-0.1, -0.05) is 0 Å². The Kier molecular flexibility index (Phi) is 6.18. The van der Waals surface area contributed by atoms with Crippen molar-refractivity contribution >= 4 is 21.6 Å². The van der Waals surface area contributed by atoms with E-state index in [0.29, 0.717) is 24.7 Å². The van der Waals surface area contributed by atoms with Gasteiger partial charge in [0.1, 0.15) is 11.5 Å². The van der Waals surface area contributed by atoms with Crippen LogP contribution in [0.25, 0.3) is 0 Å².